The molecular formula is C14H23FN4. The first kappa shape index (κ1) is 15.4. The van der Waals surface area contributed by atoms with Gasteiger partial charge >= 0.3 is 0 Å². The van der Waals surface area contributed by atoms with E-state index in [9.17, 15) is 4.39 Å². The molecule has 4 N–H and O–H groups in total. The number of benzene rings is 1. The van der Waals surface area contributed by atoms with Gasteiger partial charge in [-0.1, -0.05) is 26.0 Å². The summed E-state index contributed by atoms with van der Waals surface area (Å²) in [5.41, 5.74) is 4.78. The van der Waals surface area contributed by atoms with E-state index in [-0.39, 0.29) is 5.82 Å². The van der Waals surface area contributed by atoms with Crippen molar-refractivity contribution in [2.45, 2.75) is 34.2 Å². The molecule has 0 spiro atoms. The first-order chi connectivity index (χ1) is 8.93. The first-order valence-electron chi connectivity index (χ1n) is 6.44. The van der Waals surface area contributed by atoms with Gasteiger partial charge in [-0.25, -0.2) is 15.2 Å². The second-order valence-electron chi connectivity index (χ2n) is 5.13. The van der Waals surface area contributed by atoms with Crippen LogP contribution in [0.2, 0.25) is 0 Å². The van der Waals surface area contributed by atoms with Crippen molar-refractivity contribution in [3.05, 3.63) is 34.6 Å². The molecule has 0 fully saturated rings. The number of nitrogens with one attached hydrogen (secondary N) is 2. The Morgan fingerprint density at radius 3 is 2.37 bits per heavy atom. The number of nitrogens with zero attached hydrogens (tertiary/aromatic N) is 1. The van der Waals surface area contributed by atoms with Crippen molar-refractivity contribution < 1.29 is 4.39 Å². The number of aryl methyl sites for hydroxylation is 2. The van der Waals surface area contributed by atoms with Crippen molar-refractivity contribution in [2.24, 2.45) is 16.8 Å². The van der Waals surface area contributed by atoms with Crippen LogP contribution in [0.25, 0.3) is 0 Å². The van der Waals surface area contributed by atoms with Gasteiger partial charge in [-0.15, -0.1) is 0 Å². The second kappa shape index (κ2) is 7.09. The number of guanidine groups is 1. The van der Waals surface area contributed by atoms with E-state index in [2.05, 4.69) is 29.6 Å². The highest BCUT2D eigenvalue weighted by Crippen LogP contribution is 2.15. The summed E-state index contributed by atoms with van der Waals surface area (Å²) in [4.78, 5) is 4.34. The van der Waals surface area contributed by atoms with Crippen LogP contribution in [0.5, 0.6) is 0 Å². The number of aliphatic imine (C=N–C) groups is 1. The van der Waals surface area contributed by atoms with Gasteiger partial charge in [-0.05, 0) is 36.5 Å². The third-order valence-electron chi connectivity index (χ3n) is 2.73. The number of halogens is 1. The van der Waals surface area contributed by atoms with Gasteiger partial charge in [0.2, 0.25) is 5.96 Å². The topological polar surface area (TPSA) is 62.4 Å². The molecule has 0 aromatic heterocycles. The zero-order chi connectivity index (χ0) is 14.4. The minimum Gasteiger partial charge on any atom is -0.355 e. The molecule has 0 saturated heterocycles. The van der Waals surface area contributed by atoms with Crippen LogP contribution >= 0.6 is 0 Å². The average Bonchev–Trinajstić information content (AvgIpc) is 2.35. The number of hydrogen-bond donors (Lipinski definition) is 3. The van der Waals surface area contributed by atoms with Crippen LogP contribution in [0.4, 0.5) is 4.39 Å². The first-order valence-corrected chi connectivity index (χ1v) is 6.44. The fraction of sp³-hybridized carbons (Fsp3) is 0.500. The van der Waals surface area contributed by atoms with Crippen molar-refractivity contribution in [1.29, 1.82) is 0 Å². The van der Waals surface area contributed by atoms with E-state index in [0.29, 0.717) is 29.5 Å². The van der Waals surface area contributed by atoms with Gasteiger partial charge in [-0.2, -0.15) is 0 Å². The highest BCUT2D eigenvalue weighted by molar-refractivity contribution is 5.79. The van der Waals surface area contributed by atoms with E-state index in [1.165, 1.54) is 0 Å². The fourth-order valence-corrected chi connectivity index (χ4v) is 1.75. The van der Waals surface area contributed by atoms with E-state index in [1.54, 1.807) is 13.8 Å². The lowest BCUT2D eigenvalue weighted by atomic mass is 10.1. The lowest BCUT2D eigenvalue weighted by molar-refractivity contribution is 0.607. The maximum Gasteiger partial charge on any atom is 0.206 e. The van der Waals surface area contributed by atoms with Gasteiger partial charge in [0.25, 0.3) is 0 Å². The minimum absolute atomic E-state index is 0.150. The molecule has 1 aromatic carbocycles. The minimum atomic E-state index is -0.150. The average molecular weight is 266 g/mol. The van der Waals surface area contributed by atoms with Crippen molar-refractivity contribution >= 4 is 5.96 Å². The molecule has 0 radical (unpaired) electrons. The number of hydrogen-bond acceptors (Lipinski definition) is 2. The van der Waals surface area contributed by atoms with Crippen LogP contribution in [0.15, 0.2) is 17.1 Å². The molecule has 106 valence electrons. The summed E-state index contributed by atoms with van der Waals surface area (Å²) in [6.45, 7) is 8.99. The molecule has 4 nitrogen and oxygen atoms in total. The molecule has 1 rings (SSSR count). The third kappa shape index (κ3) is 4.87. The molecule has 0 unspecified atom stereocenters. The summed E-state index contributed by atoms with van der Waals surface area (Å²) in [6, 6.07) is 3.62. The number of nitrogens with two attached hydrogens (primary N) is 1. The highest BCUT2D eigenvalue weighted by atomic mass is 19.1. The summed E-state index contributed by atoms with van der Waals surface area (Å²) >= 11 is 0. The molecule has 19 heavy (non-hydrogen) atoms. The number of rotatable bonds is 4. The summed E-state index contributed by atoms with van der Waals surface area (Å²) in [5, 5.41) is 3.12. The fourth-order valence-electron chi connectivity index (χ4n) is 1.75. The third-order valence-corrected chi connectivity index (χ3v) is 2.73. The van der Waals surface area contributed by atoms with Crippen LogP contribution < -0.4 is 16.6 Å². The van der Waals surface area contributed by atoms with E-state index >= 15 is 0 Å². The predicted molar refractivity (Wildman–Crippen MR) is 77.2 cm³/mol. The van der Waals surface area contributed by atoms with Gasteiger partial charge < -0.3 is 5.32 Å². The maximum atomic E-state index is 13.5. The summed E-state index contributed by atoms with van der Waals surface area (Å²) < 4.78 is 13.5. The standard InChI is InChI=1S/C14H23FN4/c1-9(2)7-17-14(19-16)18-8-12-5-10(3)13(15)11(4)6-12/h5-6,9H,7-8,16H2,1-4H3,(H2,17,18,19). The Morgan fingerprint density at radius 2 is 1.89 bits per heavy atom. The molecule has 1 aromatic rings. The second-order valence-corrected chi connectivity index (χ2v) is 5.13. The Balaban J connectivity index is 2.73. The molecular weight excluding hydrogens is 243 g/mol. The smallest absolute Gasteiger partial charge is 0.206 e. The Bertz CT molecular complexity index is 432. The molecule has 5 heteroatoms. The summed E-state index contributed by atoms with van der Waals surface area (Å²) in [7, 11) is 0. The largest absolute Gasteiger partial charge is 0.355 e. The Morgan fingerprint density at radius 1 is 1.32 bits per heavy atom. The lowest BCUT2D eigenvalue weighted by Gasteiger charge is -2.11. The zero-order valence-corrected chi connectivity index (χ0v) is 12.0. The van der Waals surface area contributed by atoms with Crippen LogP contribution in [0, 0.1) is 25.6 Å². The Hall–Kier alpha value is -1.62. The molecule has 0 aliphatic rings. The van der Waals surface area contributed by atoms with Crippen molar-refractivity contribution in [2.75, 3.05) is 6.54 Å². The molecule has 0 aliphatic carbocycles. The van der Waals surface area contributed by atoms with Crippen LogP contribution in [0.3, 0.4) is 0 Å². The van der Waals surface area contributed by atoms with E-state index in [1.807, 2.05) is 12.1 Å². The van der Waals surface area contributed by atoms with E-state index in [4.69, 9.17) is 5.84 Å². The maximum absolute atomic E-state index is 13.5. The van der Waals surface area contributed by atoms with E-state index < -0.39 is 0 Å². The summed E-state index contributed by atoms with van der Waals surface area (Å²) in [5.74, 6) is 6.31. The highest BCUT2D eigenvalue weighted by Gasteiger charge is 2.04. The van der Waals surface area contributed by atoms with Gasteiger partial charge in [0.1, 0.15) is 5.82 Å². The van der Waals surface area contributed by atoms with E-state index in [0.717, 1.165) is 12.1 Å². The summed E-state index contributed by atoms with van der Waals surface area (Å²) in [6.07, 6.45) is 0. The van der Waals surface area contributed by atoms with Crippen LogP contribution in [-0.4, -0.2) is 12.5 Å². The normalized spacial score (nSPS) is 11.8. The van der Waals surface area contributed by atoms with Crippen molar-refractivity contribution in [3.63, 3.8) is 0 Å². The zero-order valence-electron chi connectivity index (χ0n) is 12.0. The van der Waals surface area contributed by atoms with Gasteiger partial charge in [-0.3, -0.25) is 5.43 Å². The van der Waals surface area contributed by atoms with Crippen molar-refractivity contribution in [1.82, 2.24) is 10.7 Å². The number of hydrazine groups is 1. The van der Waals surface area contributed by atoms with Crippen LogP contribution in [0.1, 0.15) is 30.5 Å². The Labute approximate surface area is 114 Å². The van der Waals surface area contributed by atoms with Crippen LogP contribution in [-0.2, 0) is 6.54 Å². The lowest BCUT2D eigenvalue weighted by Crippen LogP contribution is -2.42. The monoisotopic (exact) mass is 266 g/mol. The molecule has 0 amide bonds. The molecule has 0 aliphatic heterocycles. The molecule has 0 heterocycles. The molecule has 0 saturated carbocycles. The molecule has 0 atom stereocenters. The Kier molecular flexibility index (Phi) is 5.76. The quantitative estimate of drug-likeness (QED) is 0.338. The molecule has 0 bridgehead atoms. The van der Waals surface area contributed by atoms with Gasteiger partial charge in [0.15, 0.2) is 0 Å². The SMILES string of the molecule is Cc1cc(CN=C(NN)NCC(C)C)cc(C)c1F. The van der Waals surface area contributed by atoms with Gasteiger partial charge in [0, 0.05) is 6.54 Å². The predicted octanol–water partition coefficient (Wildman–Crippen LogP) is 2.01. The van der Waals surface area contributed by atoms with Gasteiger partial charge in [0.05, 0.1) is 6.54 Å². The van der Waals surface area contributed by atoms with Crippen molar-refractivity contribution in [3.8, 4) is 0 Å².